The summed E-state index contributed by atoms with van der Waals surface area (Å²) in [7, 11) is 0. The van der Waals surface area contributed by atoms with Crippen molar-refractivity contribution in [2.45, 2.75) is 12.0 Å². The molecular formula is C12H15FN2O3. The first-order valence-electron chi connectivity index (χ1n) is 5.68. The van der Waals surface area contributed by atoms with Crippen molar-refractivity contribution < 1.29 is 19.0 Å². The predicted octanol–water partition coefficient (Wildman–Crippen LogP) is 1.10. The SMILES string of the molecule is O=C(NC[C@@]1(O)CCOC1)Nc1ccc(F)cc1. The van der Waals surface area contributed by atoms with Crippen LogP contribution in [-0.2, 0) is 4.74 Å². The van der Waals surface area contributed by atoms with E-state index < -0.39 is 11.6 Å². The van der Waals surface area contributed by atoms with E-state index in [2.05, 4.69) is 10.6 Å². The summed E-state index contributed by atoms with van der Waals surface area (Å²) >= 11 is 0. The number of halogens is 1. The van der Waals surface area contributed by atoms with Gasteiger partial charge < -0.3 is 20.5 Å². The normalized spacial score (nSPS) is 22.8. The van der Waals surface area contributed by atoms with Crippen LogP contribution < -0.4 is 10.6 Å². The molecular weight excluding hydrogens is 239 g/mol. The molecule has 98 valence electrons. The van der Waals surface area contributed by atoms with Crippen LogP contribution >= 0.6 is 0 Å². The van der Waals surface area contributed by atoms with Crippen molar-refractivity contribution in [3.05, 3.63) is 30.1 Å². The molecule has 1 aliphatic heterocycles. The molecule has 1 fully saturated rings. The summed E-state index contributed by atoms with van der Waals surface area (Å²) in [5.74, 6) is -0.363. The summed E-state index contributed by atoms with van der Waals surface area (Å²) < 4.78 is 17.7. The van der Waals surface area contributed by atoms with E-state index in [9.17, 15) is 14.3 Å². The van der Waals surface area contributed by atoms with Gasteiger partial charge in [0.05, 0.1) is 13.2 Å². The number of hydrogen-bond donors (Lipinski definition) is 3. The molecule has 18 heavy (non-hydrogen) atoms. The van der Waals surface area contributed by atoms with Gasteiger partial charge in [0.15, 0.2) is 0 Å². The molecule has 6 heteroatoms. The lowest BCUT2D eigenvalue weighted by atomic mass is 10.0. The fourth-order valence-electron chi connectivity index (χ4n) is 1.69. The average molecular weight is 254 g/mol. The molecule has 1 saturated heterocycles. The molecule has 1 aromatic rings. The second-order valence-corrected chi connectivity index (χ2v) is 4.34. The van der Waals surface area contributed by atoms with Crippen LogP contribution in [0, 0.1) is 5.82 Å². The summed E-state index contributed by atoms with van der Waals surface area (Å²) in [5.41, 5.74) is -0.497. The van der Waals surface area contributed by atoms with E-state index in [1.165, 1.54) is 24.3 Å². The first-order valence-corrected chi connectivity index (χ1v) is 5.68. The van der Waals surface area contributed by atoms with Crippen LogP contribution in [0.2, 0.25) is 0 Å². The number of benzene rings is 1. The minimum absolute atomic E-state index is 0.125. The molecule has 0 spiro atoms. The van der Waals surface area contributed by atoms with E-state index in [1.54, 1.807) is 0 Å². The minimum atomic E-state index is -0.986. The highest BCUT2D eigenvalue weighted by atomic mass is 19.1. The Labute approximate surface area is 104 Å². The summed E-state index contributed by atoms with van der Waals surface area (Å²) in [4.78, 5) is 11.5. The number of hydrogen-bond acceptors (Lipinski definition) is 3. The Hall–Kier alpha value is -1.66. The predicted molar refractivity (Wildman–Crippen MR) is 63.8 cm³/mol. The molecule has 0 bridgehead atoms. The van der Waals surface area contributed by atoms with Crippen molar-refractivity contribution in [2.24, 2.45) is 0 Å². The summed E-state index contributed by atoms with van der Waals surface area (Å²) in [6.07, 6.45) is 0.504. The lowest BCUT2D eigenvalue weighted by Gasteiger charge is -2.20. The van der Waals surface area contributed by atoms with Gasteiger partial charge in [-0.2, -0.15) is 0 Å². The molecule has 1 heterocycles. The average Bonchev–Trinajstić information content (AvgIpc) is 2.78. The summed E-state index contributed by atoms with van der Waals surface area (Å²) in [6, 6.07) is 4.99. The van der Waals surface area contributed by atoms with Gasteiger partial charge in [0, 0.05) is 18.7 Å². The van der Waals surface area contributed by atoms with Gasteiger partial charge in [0.1, 0.15) is 11.4 Å². The van der Waals surface area contributed by atoms with Crippen LogP contribution in [0.15, 0.2) is 24.3 Å². The van der Waals surface area contributed by atoms with Gasteiger partial charge in [-0.25, -0.2) is 9.18 Å². The maximum atomic E-state index is 12.7. The van der Waals surface area contributed by atoms with E-state index in [0.717, 1.165) is 0 Å². The van der Waals surface area contributed by atoms with Crippen LogP contribution in [0.5, 0.6) is 0 Å². The van der Waals surface area contributed by atoms with Gasteiger partial charge in [-0.3, -0.25) is 0 Å². The number of aliphatic hydroxyl groups is 1. The van der Waals surface area contributed by atoms with Gasteiger partial charge in [0.25, 0.3) is 0 Å². The third-order valence-corrected chi connectivity index (χ3v) is 2.76. The third kappa shape index (κ3) is 3.41. The number of urea groups is 1. The molecule has 0 unspecified atom stereocenters. The quantitative estimate of drug-likeness (QED) is 0.756. The standard InChI is InChI=1S/C12H15FN2O3/c13-9-1-3-10(4-2-9)15-11(16)14-7-12(17)5-6-18-8-12/h1-4,17H,5-8H2,(H2,14,15,16)/t12-/m0/s1. The largest absolute Gasteiger partial charge is 0.386 e. The Bertz CT molecular complexity index is 416. The molecule has 1 aliphatic rings. The van der Waals surface area contributed by atoms with Crippen molar-refractivity contribution >= 4 is 11.7 Å². The number of nitrogens with one attached hydrogen (secondary N) is 2. The van der Waals surface area contributed by atoms with Gasteiger partial charge >= 0.3 is 6.03 Å². The van der Waals surface area contributed by atoms with Crippen molar-refractivity contribution in [3.63, 3.8) is 0 Å². The lowest BCUT2D eigenvalue weighted by Crippen LogP contribution is -2.44. The van der Waals surface area contributed by atoms with Gasteiger partial charge in [-0.05, 0) is 24.3 Å². The van der Waals surface area contributed by atoms with Gasteiger partial charge in [-0.15, -0.1) is 0 Å². The van der Waals surface area contributed by atoms with E-state index >= 15 is 0 Å². The van der Waals surface area contributed by atoms with Crippen LogP contribution in [-0.4, -0.2) is 36.5 Å². The Morgan fingerprint density at radius 1 is 1.44 bits per heavy atom. The number of rotatable bonds is 3. The second kappa shape index (κ2) is 5.32. The molecule has 0 aliphatic carbocycles. The van der Waals surface area contributed by atoms with E-state index in [4.69, 9.17) is 4.74 Å². The fraction of sp³-hybridized carbons (Fsp3) is 0.417. The van der Waals surface area contributed by atoms with Gasteiger partial charge in [-0.1, -0.05) is 0 Å². The molecule has 1 aromatic carbocycles. The molecule has 1 atom stereocenters. The Kier molecular flexibility index (Phi) is 3.78. The molecule has 3 N–H and O–H groups in total. The molecule has 0 radical (unpaired) electrons. The first kappa shape index (κ1) is 12.8. The number of amides is 2. The van der Waals surface area contributed by atoms with Crippen molar-refractivity contribution in [3.8, 4) is 0 Å². The number of carbonyl (C=O) groups excluding carboxylic acids is 1. The number of anilines is 1. The fourth-order valence-corrected chi connectivity index (χ4v) is 1.69. The van der Waals surface area contributed by atoms with Gasteiger partial charge in [0.2, 0.25) is 0 Å². The van der Waals surface area contributed by atoms with E-state index in [-0.39, 0.29) is 19.0 Å². The van der Waals surface area contributed by atoms with Crippen LogP contribution in [0.3, 0.4) is 0 Å². The maximum absolute atomic E-state index is 12.7. The van der Waals surface area contributed by atoms with E-state index in [1.807, 2.05) is 0 Å². The van der Waals surface area contributed by atoms with E-state index in [0.29, 0.717) is 18.7 Å². The summed E-state index contributed by atoms with van der Waals surface area (Å²) in [6.45, 7) is 0.849. The molecule has 2 rings (SSSR count). The summed E-state index contributed by atoms with van der Waals surface area (Å²) in [5, 5.41) is 15.0. The second-order valence-electron chi connectivity index (χ2n) is 4.34. The molecule has 5 nitrogen and oxygen atoms in total. The lowest BCUT2D eigenvalue weighted by molar-refractivity contribution is 0.0295. The van der Waals surface area contributed by atoms with Crippen LogP contribution in [0.4, 0.5) is 14.9 Å². The smallest absolute Gasteiger partial charge is 0.319 e. The number of carbonyl (C=O) groups is 1. The minimum Gasteiger partial charge on any atom is -0.386 e. The molecule has 0 saturated carbocycles. The van der Waals surface area contributed by atoms with Crippen LogP contribution in [0.25, 0.3) is 0 Å². The Balaban J connectivity index is 1.80. The van der Waals surface area contributed by atoms with Crippen LogP contribution in [0.1, 0.15) is 6.42 Å². The molecule has 0 aromatic heterocycles. The highest BCUT2D eigenvalue weighted by Crippen LogP contribution is 2.17. The van der Waals surface area contributed by atoms with Crippen molar-refractivity contribution in [2.75, 3.05) is 25.1 Å². The Morgan fingerprint density at radius 2 is 2.17 bits per heavy atom. The monoisotopic (exact) mass is 254 g/mol. The zero-order valence-corrected chi connectivity index (χ0v) is 9.78. The highest BCUT2D eigenvalue weighted by molar-refractivity contribution is 5.89. The zero-order valence-electron chi connectivity index (χ0n) is 9.78. The Morgan fingerprint density at radius 3 is 2.78 bits per heavy atom. The van der Waals surface area contributed by atoms with Crippen molar-refractivity contribution in [1.29, 1.82) is 0 Å². The third-order valence-electron chi connectivity index (χ3n) is 2.76. The first-order chi connectivity index (χ1) is 8.57. The topological polar surface area (TPSA) is 70.6 Å². The highest BCUT2D eigenvalue weighted by Gasteiger charge is 2.32. The van der Waals surface area contributed by atoms with Crippen molar-refractivity contribution in [1.82, 2.24) is 5.32 Å². The molecule has 2 amide bonds. The zero-order chi connectivity index (χ0) is 13.0. The number of ether oxygens (including phenoxy) is 1. The maximum Gasteiger partial charge on any atom is 0.319 e.